The highest BCUT2D eigenvalue weighted by Gasteiger charge is 2.25. The van der Waals surface area contributed by atoms with Gasteiger partial charge in [0, 0.05) is 24.8 Å². The van der Waals surface area contributed by atoms with Crippen molar-refractivity contribution in [3.8, 4) is 0 Å². The van der Waals surface area contributed by atoms with E-state index in [2.05, 4.69) is 10.3 Å². The van der Waals surface area contributed by atoms with Gasteiger partial charge in [0.15, 0.2) is 5.17 Å². The smallest absolute Gasteiger partial charge is 0.362 e. The third-order valence-corrected chi connectivity index (χ3v) is 2.99. The first kappa shape index (κ1) is 12.7. The van der Waals surface area contributed by atoms with Gasteiger partial charge >= 0.3 is 6.18 Å². The molecular formula is C9H15F3N2S. The zero-order valence-electron chi connectivity index (χ0n) is 8.60. The number of nitrogens with zero attached hydrogens (tertiary/aromatic N) is 1. The minimum atomic E-state index is -4.05. The van der Waals surface area contributed by atoms with Gasteiger partial charge in [-0.05, 0) is 19.8 Å². The first-order valence-electron chi connectivity index (χ1n) is 4.98. The molecule has 88 valence electrons. The lowest BCUT2D eigenvalue weighted by atomic mass is 10.3. The van der Waals surface area contributed by atoms with Crippen molar-refractivity contribution in [2.75, 3.05) is 12.3 Å². The molecule has 1 aliphatic heterocycles. The Balaban J connectivity index is 2.20. The topological polar surface area (TPSA) is 24.4 Å². The number of aliphatic imine (C=N–C) groups is 1. The highest BCUT2D eigenvalue weighted by molar-refractivity contribution is 8.13. The summed E-state index contributed by atoms with van der Waals surface area (Å²) in [5, 5.41) is 3.93. The van der Waals surface area contributed by atoms with Crippen LogP contribution in [0.1, 0.15) is 26.2 Å². The molecule has 1 aliphatic rings. The first-order valence-corrected chi connectivity index (χ1v) is 5.96. The fourth-order valence-electron chi connectivity index (χ4n) is 1.21. The van der Waals surface area contributed by atoms with Crippen LogP contribution in [-0.4, -0.2) is 29.7 Å². The van der Waals surface area contributed by atoms with Crippen molar-refractivity contribution in [2.24, 2.45) is 4.99 Å². The second kappa shape index (κ2) is 5.63. The number of hydrogen-bond acceptors (Lipinski definition) is 2. The van der Waals surface area contributed by atoms with E-state index in [9.17, 15) is 13.2 Å². The van der Waals surface area contributed by atoms with E-state index in [1.54, 1.807) is 11.8 Å². The summed E-state index contributed by atoms with van der Waals surface area (Å²) in [5.41, 5.74) is 0. The lowest BCUT2D eigenvalue weighted by Crippen LogP contribution is -2.35. The molecule has 0 amide bonds. The Morgan fingerprint density at radius 1 is 1.53 bits per heavy atom. The van der Waals surface area contributed by atoms with Crippen LogP contribution in [0.5, 0.6) is 0 Å². The number of amidine groups is 1. The van der Waals surface area contributed by atoms with E-state index in [4.69, 9.17) is 0 Å². The van der Waals surface area contributed by atoms with Crippen LogP contribution in [0.4, 0.5) is 13.2 Å². The van der Waals surface area contributed by atoms with Gasteiger partial charge in [0.1, 0.15) is 0 Å². The van der Waals surface area contributed by atoms with Crippen molar-refractivity contribution in [3.63, 3.8) is 0 Å². The largest absolute Gasteiger partial charge is 0.389 e. The molecule has 1 heterocycles. The molecule has 0 saturated carbocycles. The summed E-state index contributed by atoms with van der Waals surface area (Å²) in [4.78, 5) is 4.11. The summed E-state index contributed by atoms with van der Waals surface area (Å²) < 4.78 is 35.4. The maximum absolute atomic E-state index is 11.8. The van der Waals surface area contributed by atoms with Gasteiger partial charge in [-0.1, -0.05) is 11.8 Å². The summed E-state index contributed by atoms with van der Waals surface area (Å²) in [6.45, 7) is 2.30. The molecule has 1 atom stereocenters. The lowest BCUT2D eigenvalue weighted by Gasteiger charge is -2.21. The van der Waals surface area contributed by atoms with Gasteiger partial charge in [-0.15, -0.1) is 0 Å². The van der Waals surface area contributed by atoms with Crippen LogP contribution in [0.2, 0.25) is 0 Å². The van der Waals surface area contributed by atoms with E-state index < -0.39 is 12.6 Å². The van der Waals surface area contributed by atoms with Gasteiger partial charge < -0.3 is 5.32 Å². The zero-order valence-corrected chi connectivity index (χ0v) is 9.42. The summed E-state index contributed by atoms with van der Waals surface area (Å²) in [7, 11) is 0. The van der Waals surface area contributed by atoms with E-state index in [1.807, 2.05) is 6.92 Å². The molecule has 1 N–H and O–H groups in total. The Labute approximate surface area is 91.7 Å². The quantitative estimate of drug-likeness (QED) is 0.767. The van der Waals surface area contributed by atoms with Crippen LogP contribution < -0.4 is 5.32 Å². The van der Waals surface area contributed by atoms with E-state index in [1.165, 1.54) is 0 Å². The molecule has 15 heavy (non-hydrogen) atoms. The number of thioether (sulfide) groups is 1. The molecule has 0 aromatic heterocycles. The van der Waals surface area contributed by atoms with Gasteiger partial charge in [-0.3, -0.25) is 4.99 Å². The Morgan fingerprint density at radius 3 is 2.87 bits per heavy atom. The van der Waals surface area contributed by atoms with E-state index in [0.717, 1.165) is 17.3 Å². The number of rotatable bonds is 3. The molecule has 2 nitrogen and oxygen atoms in total. The molecular weight excluding hydrogens is 225 g/mol. The standard InChI is InChI=1S/C9H15F3N2S/c1-7-3-6-15-8(14-7)13-5-2-4-9(10,11)12/h7H,2-6H2,1H3,(H,13,14). The third-order valence-electron chi connectivity index (χ3n) is 2.03. The fourth-order valence-corrected chi connectivity index (χ4v) is 2.34. The van der Waals surface area contributed by atoms with Crippen molar-refractivity contribution < 1.29 is 13.2 Å². The summed E-state index contributed by atoms with van der Waals surface area (Å²) >= 11 is 1.58. The Kier molecular flexibility index (Phi) is 4.76. The van der Waals surface area contributed by atoms with Gasteiger partial charge in [-0.25, -0.2) is 0 Å². The molecule has 0 aliphatic carbocycles. The second-order valence-electron chi connectivity index (χ2n) is 3.59. The van der Waals surface area contributed by atoms with Gasteiger partial charge in [0.25, 0.3) is 0 Å². The molecule has 6 heteroatoms. The van der Waals surface area contributed by atoms with Gasteiger partial charge in [0.2, 0.25) is 0 Å². The predicted octanol–water partition coefficient (Wildman–Crippen LogP) is 2.80. The molecule has 1 rings (SSSR count). The maximum atomic E-state index is 11.8. The Hall–Kier alpha value is -0.390. The number of halogens is 3. The molecule has 1 fully saturated rings. The van der Waals surface area contributed by atoms with Crippen molar-refractivity contribution in [3.05, 3.63) is 0 Å². The fraction of sp³-hybridized carbons (Fsp3) is 0.889. The molecule has 1 unspecified atom stereocenters. The lowest BCUT2D eigenvalue weighted by molar-refractivity contribution is -0.134. The SMILES string of the molecule is CC1CCSC(=NCCCC(F)(F)F)N1. The molecule has 0 radical (unpaired) electrons. The number of alkyl halides is 3. The minimum Gasteiger partial charge on any atom is -0.362 e. The van der Waals surface area contributed by atoms with Crippen LogP contribution in [0.25, 0.3) is 0 Å². The average molecular weight is 240 g/mol. The van der Waals surface area contributed by atoms with Crippen LogP contribution in [0.15, 0.2) is 4.99 Å². The molecule has 0 spiro atoms. The van der Waals surface area contributed by atoms with Crippen LogP contribution in [0, 0.1) is 0 Å². The zero-order chi connectivity index (χ0) is 11.3. The van der Waals surface area contributed by atoms with Crippen LogP contribution in [-0.2, 0) is 0 Å². The Morgan fingerprint density at radius 2 is 2.27 bits per heavy atom. The number of nitrogens with one attached hydrogen (secondary N) is 1. The highest BCUT2D eigenvalue weighted by atomic mass is 32.2. The Bertz CT molecular complexity index is 228. The highest BCUT2D eigenvalue weighted by Crippen LogP contribution is 2.21. The molecule has 1 saturated heterocycles. The monoisotopic (exact) mass is 240 g/mol. The molecule has 0 aromatic carbocycles. The van der Waals surface area contributed by atoms with Gasteiger partial charge in [0.05, 0.1) is 0 Å². The van der Waals surface area contributed by atoms with Gasteiger partial charge in [-0.2, -0.15) is 13.2 Å². The summed E-state index contributed by atoms with van der Waals surface area (Å²) in [6.07, 6.45) is -3.65. The van der Waals surface area contributed by atoms with Crippen molar-refractivity contribution in [2.45, 2.75) is 38.4 Å². The van der Waals surface area contributed by atoms with Crippen molar-refractivity contribution >= 4 is 16.9 Å². The van der Waals surface area contributed by atoms with E-state index in [-0.39, 0.29) is 13.0 Å². The molecule has 0 aromatic rings. The summed E-state index contributed by atoms with van der Waals surface area (Å²) in [5.74, 6) is 0.992. The van der Waals surface area contributed by atoms with Crippen molar-refractivity contribution in [1.82, 2.24) is 5.32 Å². The maximum Gasteiger partial charge on any atom is 0.389 e. The third kappa shape index (κ3) is 5.92. The average Bonchev–Trinajstić information content (AvgIpc) is 2.11. The van der Waals surface area contributed by atoms with Crippen LogP contribution in [0.3, 0.4) is 0 Å². The van der Waals surface area contributed by atoms with Crippen molar-refractivity contribution in [1.29, 1.82) is 0 Å². The predicted molar refractivity (Wildman–Crippen MR) is 57.3 cm³/mol. The second-order valence-corrected chi connectivity index (χ2v) is 4.67. The first-order chi connectivity index (χ1) is 6.97. The minimum absolute atomic E-state index is 0.0730. The van der Waals surface area contributed by atoms with E-state index in [0.29, 0.717) is 6.04 Å². The number of hydrogen-bond donors (Lipinski definition) is 1. The van der Waals surface area contributed by atoms with Crippen LogP contribution >= 0.6 is 11.8 Å². The normalized spacial score (nSPS) is 25.3. The van der Waals surface area contributed by atoms with E-state index >= 15 is 0 Å². The molecule has 0 bridgehead atoms. The summed E-state index contributed by atoms with van der Waals surface area (Å²) in [6, 6.07) is 0.382.